The maximum atomic E-state index is 3.79. The van der Waals surface area contributed by atoms with Gasteiger partial charge in [-0.05, 0) is 53.5 Å². The van der Waals surface area contributed by atoms with E-state index >= 15 is 0 Å². The SMILES string of the molecule is C=CC=CC(=CC)c1ccc2[nH]c3c(ccc4c5cc(-c6ccccc6)ccc5[nH]c43)c2c1. The third kappa shape index (κ3) is 3.11. The Balaban J connectivity index is 1.56. The molecular weight excluding hydrogens is 400 g/mol. The summed E-state index contributed by atoms with van der Waals surface area (Å²) in [5.74, 6) is 0. The Kier molecular flexibility index (Phi) is 4.51. The fraction of sp³-hybridized carbons (Fsp3) is 0.0323. The van der Waals surface area contributed by atoms with E-state index in [4.69, 9.17) is 0 Å². The van der Waals surface area contributed by atoms with E-state index in [-0.39, 0.29) is 0 Å². The average Bonchev–Trinajstić information content (AvgIpc) is 3.42. The zero-order valence-corrected chi connectivity index (χ0v) is 18.5. The highest BCUT2D eigenvalue weighted by molar-refractivity contribution is 6.22. The normalized spacial score (nSPS) is 12.6. The van der Waals surface area contributed by atoms with Crippen LogP contribution in [0.5, 0.6) is 0 Å². The van der Waals surface area contributed by atoms with Crippen LogP contribution in [-0.4, -0.2) is 9.97 Å². The Morgan fingerprint density at radius 3 is 2.03 bits per heavy atom. The molecule has 0 aliphatic heterocycles. The van der Waals surface area contributed by atoms with E-state index in [1.807, 2.05) is 12.2 Å². The Hall–Kier alpha value is -4.30. The fourth-order valence-corrected chi connectivity index (χ4v) is 4.85. The van der Waals surface area contributed by atoms with Crippen molar-refractivity contribution in [3.05, 3.63) is 115 Å². The number of hydrogen-bond donors (Lipinski definition) is 2. The van der Waals surface area contributed by atoms with Crippen LogP contribution in [0.2, 0.25) is 0 Å². The van der Waals surface area contributed by atoms with Gasteiger partial charge in [-0.15, -0.1) is 0 Å². The van der Waals surface area contributed by atoms with Crippen LogP contribution in [0.1, 0.15) is 12.5 Å². The van der Waals surface area contributed by atoms with Crippen LogP contribution >= 0.6 is 0 Å². The molecule has 33 heavy (non-hydrogen) atoms. The van der Waals surface area contributed by atoms with E-state index in [0.29, 0.717) is 0 Å². The van der Waals surface area contributed by atoms with E-state index in [1.54, 1.807) is 0 Å². The molecule has 0 unspecified atom stereocenters. The van der Waals surface area contributed by atoms with Gasteiger partial charge in [0.1, 0.15) is 0 Å². The van der Waals surface area contributed by atoms with Crippen LogP contribution in [-0.2, 0) is 0 Å². The second kappa shape index (κ2) is 7.68. The van der Waals surface area contributed by atoms with Gasteiger partial charge in [-0.1, -0.05) is 85.5 Å². The lowest BCUT2D eigenvalue weighted by molar-refractivity contribution is 1.51. The second-order valence-corrected chi connectivity index (χ2v) is 8.39. The van der Waals surface area contributed by atoms with Gasteiger partial charge in [0, 0.05) is 32.6 Å². The predicted octanol–water partition coefficient (Wildman–Crippen LogP) is 8.77. The summed E-state index contributed by atoms with van der Waals surface area (Å²) in [6, 6.07) is 28.3. The van der Waals surface area contributed by atoms with Crippen LogP contribution in [0.15, 0.2) is 110 Å². The van der Waals surface area contributed by atoms with Gasteiger partial charge in [0.05, 0.1) is 11.0 Å². The first kappa shape index (κ1) is 19.4. The zero-order valence-electron chi connectivity index (χ0n) is 18.5. The van der Waals surface area contributed by atoms with Crippen molar-refractivity contribution in [2.75, 3.05) is 0 Å². The van der Waals surface area contributed by atoms with Crippen LogP contribution in [0.4, 0.5) is 0 Å². The van der Waals surface area contributed by atoms with Crippen LogP contribution in [0.25, 0.3) is 60.3 Å². The first-order valence-electron chi connectivity index (χ1n) is 11.3. The molecule has 2 heteroatoms. The highest BCUT2D eigenvalue weighted by Gasteiger charge is 2.13. The number of rotatable bonds is 4. The smallest absolute Gasteiger partial charge is 0.0710 e. The molecule has 2 N–H and O–H groups in total. The minimum Gasteiger partial charge on any atom is -0.353 e. The topological polar surface area (TPSA) is 31.6 Å². The Bertz CT molecular complexity index is 1720. The third-order valence-corrected chi connectivity index (χ3v) is 6.51. The van der Waals surface area contributed by atoms with Gasteiger partial charge in [-0.2, -0.15) is 0 Å². The minimum atomic E-state index is 1.15. The lowest BCUT2D eigenvalue weighted by Crippen LogP contribution is -1.80. The fourth-order valence-electron chi connectivity index (χ4n) is 4.85. The average molecular weight is 425 g/mol. The highest BCUT2D eigenvalue weighted by atomic mass is 14.8. The molecule has 2 heterocycles. The Labute approximate surface area is 192 Å². The number of aromatic amines is 2. The first-order chi connectivity index (χ1) is 16.3. The number of fused-ring (bicyclic) bond motifs is 7. The third-order valence-electron chi connectivity index (χ3n) is 6.51. The summed E-state index contributed by atoms with van der Waals surface area (Å²) in [4.78, 5) is 7.34. The van der Waals surface area contributed by atoms with Gasteiger partial charge < -0.3 is 9.97 Å². The van der Waals surface area contributed by atoms with Crippen molar-refractivity contribution >= 4 is 49.2 Å². The molecule has 0 spiro atoms. The molecule has 6 aromatic rings. The molecule has 158 valence electrons. The molecule has 0 aliphatic rings. The predicted molar refractivity (Wildman–Crippen MR) is 144 cm³/mol. The monoisotopic (exact) mass is 424 g/mol. The van der Waals surface area contributed by atoms with Crippen molar-refractivity contribution in [1.29, 1.82) is 0 Å². The first-order valence-corrected chi connectivity index (χ1v) is 11.3. The largest absolute Gasteiger partial charge is 0.353 e. The van der Waals surface area contributed by atoms with E-state index in [0.717, 1.165) is 22.1 Å². The van der Waals surface area contributed by atoms with Crippen molar-refractivity contribution in [1.82, 2.24) is 9.97 Å². The molecule has 0 bridgehead atoms. The van der Waals surface area contributed by atoms with Crippen LogP contribution < -0.4 is 0 Å². The minimum absolute atomic E-state index is 1.15. The van der Waals surface area contributed by atoms with Crippen molar-refractivity contribution in [3.8, 4) is 11.1 Å². The molecule has 0 atom stereocenters. The van der Waals surface area contributed by atoms with Gasteiger partial charge in [-0.3, -0.25) is 0 Å². The molecule has 2 nitrogen and oxygen atoms in total. The lowest BCUT2D eigenvalue weighted by atomic mass is 10.0. The molecule has 0 radical (unpaired) electrons. The number of benzene rings is 4. The highest BCUT2D eigenvalue weighted by Crippen LogP contribution is 2.37. The molecule has 2 aromatic heterocycles. The Morgan fingerprint density at radius 2 is 1.36 bits per heavy atom. The van der Waals surface area contributed by atoms with Gasteiger partial charge >= 0.3 is 0 Å². The molecule has 0 saturated carbocycles. The number of aromatic nitrogens is 2. The molecule has 0 saturated heterocycles. The summed E-state index contributed by atoms with van der Waals surface area (Å²) >= 11 is 0. The molecule has 4 aromatic carbocycles. The number of nitrogens with one attached hydrogen (secondary N) is 2. The van der Waals surface area contributed by atoms with Crippen LogP contribution in [0, 0.1) is 0 Å². The Morgan fingerprint density at radius 1 is 0.697 bits per heavy atom. The van der Waals surface area contributed by atoms with Gasteiger partial charge in [0.2, 0.25) is 0 Å². The van der Waals surface area contributed by atoms with Gasteiger partial charge in [0.15, 0.2) is 0 Å². The second-order valence-electron chi connectivity index (χ2n) is 8.39. The molecule has 0 aliphatic carbocycles. The number of hydrogen-bond acceptors (Lipinski definition) is 0. The van der Waals surface area contributed by atoms with E-state index < -0.39 is 0 Å². The summed E-state index contributed by atoms with van der Waals surface area (Å²) in [5.41, 5.74) is 9.47. The van der Waals surface area contributed by atoms with Crippen molar-refractivity contribution in [2.45, 2.75) is 6.92 Å². The van der Waals surface area contributed by atoms with Crippen molar-refractivity contribution in [2.24, 2.45) is 0 Å². The number of H-pyrrole nitrogens is 2. The summed E-state index contributed by atoms with van der Waals surface area (Å²) in [6.07, 6.45) is 8.02. The molecule has 0 fully saturated rings. The summed E-state index contributed by atoms with van der Waals surface area (Å²) in [5, 5.41) is 4.96. The number of allylic oxidation sites excluding steroid dienone is 5. The van der Waals surface area contributed by atoms with E-state index in [1.165, 1.54) is 43.8 Å². The summed E-state index contributed by atoms with van der Waals surface area (Å²) in [7, 11) is 0. The molecule has 0 amide bonds. The summed E-state index contributed by atoms with van der Waals surface area (Å²) < 4.78 is 0. The van der Waals surface area contributed by atoms with E-state index in [9.17, 15) is 0 Å². The quantitative estimate of drug-likeness (QED) is 0.265. The van der Waals surface area contributed by atoms with Crippen molar-refractivity contribution in [3.63, 3.8) is 0 Å². The van der Waals surface area contributed by atoms with Gasteiger partial charge in [-0.25, -0.2) is 0 Å². The van der Waals surface area contributed by atoms with Crippen molar-refractivity contribution < 1.29 is 0 Å². The lowest BCUT2D eigenvalue weighted by Gasteiger charge is -2.03. The van der Waals surface area contributed by atoms with Crippen LogP contribution in [0.3, 0.4) is 0 Å². The molecular formula is C31H24N2. The van der Waals surface area contributed by atoms with Gasteiger partial charge in [0.25, 0.3) is 0 Å². The maximum Gasteiger partial charge on any atom is 0.0710 e. The maximum absolute atomic E-state index is 3.79. The van der Waals surface area contributed by atoms with E-state index in [2.05, 4.69) is 114 Å². The standard InChI is InChI=1S/C31H24N2/c1-3-5-9-20(4-2)22-12-16-28-26(18-22)24-14-15-25-27-19-23(21-10-7-6-8-11-21)13-17-29(27)33-31(25)30(24)32-28/h3-19,32-33H,1H2,2H3. The summed E-state index contributed by atoms with van der Waals surface area (Å²) in [6.45, 7) is 5.86. The molecule has 6 rings (SSSR count). The zero-order chi connectivity index (χ0) is 22.4.